The van der Waals surface area contributed by atoms with Gasteiger partial charge in [-0.1, -0.05) is 60.7 Å². The molecule has 0 spiro atoms. The number of H-pyrrole nitrogens is 1. The number of aromatic nitrogens is 2. The maximum atomic E-state index is 3.59. The lowest BCUT2D eigenvalue weighted by Gasteiger charge is -2.04. The third kappa shape index (κ3) is 1.60. The van der Waals surface area contributed by atoms with Crippen LogP contribution >= 0.6 is 0 Å². The Bertz CT molecular complexity index is 1950. The quantitative estimate of drug-likeness (QED) is 0.279. The zero-order chi connectivity index (χ0) is 19.4. The molecule has 0 unspecified atom stereocenters. The van der Waals surface area contributed by atoms with Gasteiger partial charge in [-0.3, -0.25) is 0 Å². The highest BCUT2D eigenvalue weighted by Crippen LogP contribution is 2.41. The summed E-state index contributed by atoms with van der Waals surface area (Å²) in [6.07, 6.45) is 0. The van der Waals surface area contributed by atoms with Gasteiger partial charge in [0.15, 0.2) is 0 Å². The largest absolute Gasteiger partial charge is 0.354 e. The Morgan fingerprint density at radius 2 is 1.27 bits per heavy atom. The Balaban J connectivity index is 1.68. The number of hydrogen-bond donors (Lipinski definition) is 1. The molecule has 0 aliphatic heterocycles. The number of nitrogens with one attached hydrogen (secondary N) is 1. The van der Waals surface area contributed by atoms with E-state index in [9.17, 15) is 0 Å². The minimum atomic E-state index is 1.19. The Hall–Kier alpha value is -4.04. The summed E-state index contributed by atoms with van der Waals surface area (Å²) in [5, 5.41) is 10.5. The van der Waals surface area contributed by atoms with Crippen LogP contribution in [0.1, 0.15) is 0 Å². The third-order valence-corrected chi connectivity index (χ3v) is 6.83. The summed E-state index contributed by atoms with van der Waals surface area (Å²) < 4.78 is 2.45. The van der Waals surface area contributed by atoms with Crippen molar-refractivity contribution in [2.45, 2.75) is 0 Å². The van der Waals surface area contributed by atoms with Gasteiger partial charge in [0.2, 0.25) is 0 Å². The van der Waals surface area contributed by atoms with Gasteiger partial charge in [0, 0.05) is 43.4 Å². The molecular formula is C28H16N2. The van der Waals surface area contributed by atoms with Gasteiger partial charge in [-0.2, -0.15) is 0 Å². The molecule has 30 heavy (non-hydrogen) atoms. The van der Waals surface area contributed by atoms with Crippen molar-refractivity contribution in [3.05, 3.63) is 91.0 Å². The Labute approximate surface area is 171 Å². The van der Waals surface area contributed by atoms with Crippen LogP contribution in [0.15, 0.2) is 91.0 Å². The van der Waals surface area contributed by atoms with Gasteiger partial charge in [-0.25, -0.2) is 0 Å². The van der Waals surface area contributed by atoms with Crippen molar-refractivity contribution >= 4 is 70.7 Å². The average molecular weight is 380 g/mol. The molecule has 2 nitrogen and oxygen atoms in total. The molecule has 5 aromatic carbocycles. The lowest BCUT2D eigenvalue weighted by atomic mass is 10.0. The highest BCUT2D eigenvalue weighted by atomic mass is 14.9. The summed E-state index contributed by atoms with van der Waals surface area (Å²) in [7, 11) is 0. The van der Waals surface area contributed by atoms with E-state index in [0.29, 0.717) is 0 Å². The second-order valence-electron chi connectivity index (χ2n) is 8.30. The smallest absolute Gasteiger partial charge is 0.0620 e. The Kier molecular flexibility index (Phi) is 2.44. The van der Waals surface area contributed by atoms with Crippen molar-refractivity contribution in [1.29, 1.82) is 0 Å². The maximum Gasteiger partial charge on any atom is 0.0620 e. The van der Waals surface area contributed by atoms with E-state index >= 15 is 0 Å². The van der Waals surface area contributed by atoms with Crippen molar-refractivity contribution in [2.75, 3.05) is 0 Å². The highest BCUT2D eigenvalue weighted by Gasteiger charge is 2.18. The van der Waals surface area contributed by atoms with Gasteiger partial charge >= 0.3 is 0 Å². The monoisotopic (exact) mass is 380 g/mol. The van der Waals surface area contributed by atoms with E-state index in [1.165, 1.54) is 70.7 Å². The van der Waals surface area contributed by atoms with Crippen LogP contribution in [-0.4, -0.2) is 9.38 Å². The fraction of sp³-hybridized carbons (Fsp3) is 0. The zero-order valence-electron chi connectivity index (χ0n) is 16.1. The molecule has 0 atom stereocenters. The van der Waals surface area contributed by atoms with Crippen LogP contribution in [0, 0.1) is 0 Å². The molecule has 8 aromatic rings. The first kappa shape index (κ1) is 14.9. The topological polar surface area (TPSA) is 20.2 Å². The Morgan fingerprint density at radius 1 is 0.500 bits per heavy atom. The van der Waals surface area contributed by atoms with Crippen LogP contribution < -0.4 is 0 Å². The molecule has 0 aliphatic carbocycles. The summed E-state index contributed by atoms with van der Waals surface area (Å²) in [4.78, 5) is 3.59. The van der Waals surface area contributed by atoms with Crippen LogP contribution in [0.5, 0.6) is 0 Å². The standard InChI is InChI=1S/C28H16N2/c1-3-10-23-20(7-1)27-21-15-22-19-9-5-8-18-17-6-2-4-11-25(17)30(28(18)19)26(22)14-16(21)12-13-24(27)29-23/h1-15,29H. The number of fused-ring (bicyclic) bond motifs is 11. The van der Waals surface area contributed by atoms with Crippen LogP contribution in [0.4, 0.5) is 0 Å². The first-order valence-corrected chi connectivity index (χ1v) is 10.4. The van der Waals surface area contributed by atoms with E-state index in [0.717, 1.165) is 0 Å². The van der Waals surface area contributed by atoms with E-state index in [1.807, 2.05) is 0 Å². The molecule has 0 amide bonds. The third-order valence-electron chi connectivity index (χ3n) is 6.83. The molecule has 0 bridgehead atoms. The molecule has 8 rings (SSSR count). The minimum Gasteiger partial charge on any atom is -0.354 e. The van der Waals surface area contributed by atoms with E-state index in [1.54, 1.807) is 0 Å². The molecule has 138 valence electrons. The molecule has 0 saturated carbocycles. The second kappa shape index (κ2) is 4.92. The molecule has 2 heteroatoms. The highest BCUT2D eigenvalue weighted by molar-refractivity contribution is 6.27. The second-order valence-corrected chi connectivity index (χ2v) is 8.30. The molecule has 3 aromatic heterocycles. The molecule has 0 aliphatic rings. The molecular weight excluding hydrogens is 364 g/mol. The van der Waals surface area contributed by atoms with Gasteiger partial charge in [0.1, 0.15) is 0 Å². The number of aromatic amines is 1. The number of nitrogens with zero attached hydrogens (tertiary/aromatic N) is 1. The number of rotatable bonds is 0. The summed E-state index contributed by atoms with van der Waals surface area (Å²) in [6, 6.07) is 33.3. The normalized spacial score (nSPS) is 12.7. The molecule has 0 saturated heterocycles. The first-order chi connectivity index (χ1) is 14.9. The summed E-state index contributed by atoms with van der Waals surface area (Å²) >= 11 is 0. The van der Waals surface area contributed by atoms with Crippen molar-refractivity contribution in [2.24, 2.45) is 0 Å². The first-order valence-electron chi connectivity index (χ1n) is 10.4. The van der Waals surface area contributed by atoms with Crippen molar-refractivity contribution in [3.8, 4) is 0 Å². The van der Waals surface area contributed by atoms with Crippen LogP contribution in [-0.2, 0) is 0 Å². The molecule has 1 N–H and O–H groups in total. The number of benzene rings is 5. The molecule has 3 heterocycles. The number of para-hydroxylation sites is 3. The van der Waals surface area contributed by atoms with E-state index < -0.39 is 0 Å². The van der Waals surface area contributed by atoms with Gasteiger partial charge in [-0.15, -0.1) is 0 Å². The predicted molar refractivity (Wildman–Crippen MR) is 128 cm³/mol. The molecule has 0 radical (unpaired) electrons. The Morgan fingerprint density at radius 3 is 2.20 bits per heavy atom. The van der Waals surface area contributed by atoms with Crippen molar-refractivity contribution in [3.63, 3.8) is 0 Å². The summed E-state index contributed by atoms with van der Waals surface area (Å²) in [5.41, 5.74) is 6.30. The zero-order valence-corrected chi connectivity index (χ0v) is 16.1. The van der Waals surface area contributed by atoms with Gasteiger partial charge < -0.3 is 9.38 Å². The van der Waals surface area contributed by atoms with Gasteiger partial charge in [0.05, 0.1) is 16.6 Å². The van der Waals surface area contributed by atoms with E-state index in [4.69, 9.17) is 0 Å². The molecule has 0 fully saturated rings. The van der Waals surface area contributed by atoms with Crippen molar-refractivity contribution < 1.29 is 0 Å². The van der Waals surface area contributed by atoms with E-state index in [2.05, 4.69) is 100 Å². The van der Waals surface area contributed by atoms with Gasteiger partial charge in [0.25, 0.3) is 0 Å². The van der Waals surface area contributed by atoms with Gasteiger partial charge in [-0.05, 0) is 41.1 Å². The summed E-state index contributed by atoms with van der Waals surface area (Å²) in [6.45, 7) is 0. The fourth-order valence-electron chi connectivity index (χ4n) is 5.60. The lowest BCUT2D eigenvalue weighted by Crippen LogP contribution is -1.82. The number of hydrogen-bond acceptors (Lipinski definition) is 0. The average Bonchev–Trinajstić information content (AvgIpc) is 3.44. The van der Waals surface area contributed by atoms with Crippen molar-refractivity contribution in [1.82, 2.24) is 9.38 Å². The fourth-order valence-corrected chi connectivity index (χ4v) is 5.60. The SMILES string of the molecule is c1ccc2c(c1)[nH]c1ccc3cc4c(cc3c12)c1cccc2c3ccccc3n4c21. The minimum absolute atomic E-state index is 1.19. The van der Waals surface area contributed by atoms with Crippen LogP contribution in [0.25, 0.3) is 70.7 Å². The van der Waals surface area contributed by atoms with Crippen LogP contribution in [0.2, 0.25) is 0 Å². The van der Waals surface area contributed by atoms with E-state index in [-0.39, 0.29) is 0 Å². The predicted octanol–water partition coefficient (Wildman–Crippen LogP) is 7.62. The van der Waals surface area contributed by atoms with Crippen LogP contribution in [0.3, 0.4) is 0 Å². The lowest BCUT2D eigenvalue weighted by molar-refractivity contribution is 1.37. The summed E-state index contributed by atoms with van der Waals surface area (Å²) in [5.74, 6) is 0. The maximum absolute atomic E-state index is 3.59.